The second-order valence-electron chi connectivity index (χ2n) is 2.76. The Bertz CT molecular complexity index is 468. The van der Waals surface area contributed by atoms with E-state index in [0.29, 0.717) is 5.15 Å². The summed E-state index contributed by atoms with van der Waals surface area (Å²) in [5.41, 5.74) is 1.80. The maximum Gasteiger partial charge on any atom is 0.153 e. The molecule has 0 spiro atoms. The summed E-state index contributed by atoms with van der Waals surface area (Å²) in [6, 6.07) is 3.62. The van der Waals surface area contributed by atoms with E-state index < -0.39 is 0 Å². The summed E-state index contributed by atoms with van der Waals surface area (Å²) in [5, 5.41) is 12.0. The molecule has 4 nitrogen and oxygen atoms in total. The molecule has 2 aromatic rings. The topological polar surface area (TPSA) is 43.6 Å². The average Bonchev–Trinajstić information content (AvgIpc) is 2.45. The van der Waals surface area contributed by atoms with Gasteiger partial charge in [-0.25, -0.2) is 4.68 Å². The molecule has 0 N–H and O–H groups in total. The van der Waals surface area contributed by atoms with E-state index in [2.05, 4.69) is 31.2 Å². The van der Waals surface area contributed by atoms with Crippen LogP contribution >= 0.6 is 27.5 Å². The summed E-state index contributed by atoms with van der Waals surface area (Å²) in [6.07, 6.45) is 1.61. The van der Waals surface area contributed by atoms with Crippen LogP contribution in [-0.4, -0.2) is 20.0 Å². The van der Waals surface area contributed by atoms with Crippen molar-refractivity contribution in [2.45, 2.75) is 6.92 Å². The predicted molar refractivity (Wildman–Crippen MR) is 56.6 cm³/mol. The minimum atomic E-state index is 0.355. The van der Waals surface area contributed by atoms with Gasteiger partial charge in [0.25, 0.3) is 0 Å². The van der Waals surface area contributed by atoms with Crippen LogP contribution in [0.3, 0.4) is 0 Å². The molecule has 0 atom stereocenters. The zero-order valence-electron chi connectivity index (χ0n) is 7.28. The first-order valence-corrected chi connectivity index (χ1v) is 5.04. The fraction of sp³-hybridized carbons (Fsp3) is 0.125. The summed E-state index contributed by atoms with van der Waals surface area (Å²) >= 11 is 9.03. The van der Waals surface area contributed by atoms with Gasteiger partial charge in [-0.15, -0.1) is 5.10 Å². The quantitative estimate of drug-likeness (QED) is 0.801. The lowest BCUT2D eigenvalue weighted by Gasteiger charge is -2.02. The zero-order valence-corrected chi connectivity index (χ0v) is 9.62. The van der Waals surface area contributed by atoms with Crippen LogP contribution in [-0.2, 0) is 0 Å². The zero-order chi connectivity index (χ0) is 10.1. The molecule has 0 saturated carbocycles. The highest BCUT2D eigenvalue weighted by atomic mass is 79.9. The van der Waals surface area contributed by atoms with Crippen molar-refractivity contribution in [2.75, 3.05) is 0 Å². The molecule has 72 valence electrons. The van der Waals surface area contributed by atoms with Gasteiger partial charge in [0.1, 0.15) is 4.60 Å². The molecule has 0 saturated heterocycles. The Morgan fingerprint density at radius 1 is 1.43 bits per heavy atom. The minimum absolute atomic E-state index is 0.355. The monoisotopic (exact) mass is 272 g/mol. The SMILES string of the molecule is Cc1cc(Br)nn1-c1cnnc(Cl)c1. The fourth-order valence-electron chi connectivity index (χ4n) is 1.15. The van der Waals surface area contributed by atoms with Gasteiger partial charge in [0.2, 0.25) is 0 Å². The first kappa shape index (κ1) is 9.61. The van der Waals surface area contributed by atoms with Crippen molar-refractivity contribution in [3.63, 3.8) is 0 Å². The third-order valence-electron chi connectivity index (χ3n) is 1.71. The molecule has 14 heavy (non-hydrogen) atoms. The largest absolute Gasteiger partial charge is 0.235 e. The highest BCUT2D eigenvalue weighted by Gasteiger charge is 2.05. The second kappa shape index (κ2) is 3.67. The molecule has 0 amide bonds. The van der Waals surface area contributed by atoms with Crippen molar-refractivity contribution < 1.29 is 0 Å². The molecular weight excluding hydrogens is 267 g/mol. The predicted octanol–water partition coefficient (Wildman–Crippen LogP) is 2.39. The van der Waals surface area contributed by atoms with Crippen molar-refractivity contribution in [1.82, 2.24) is 20.0 Å². The standard InChI is InChI=1S/C8H6BrClN4/c1-5-2-7(9)13-14(5)6-3-8(10)12-11-4-6/h2-4H,1H3. The molecule has 2 heterocycles. The Morgan fingerprint density at radius 3 is 2.79 bits per heavy atom. The van der Waals surface area contributed by atoms with Crippen LogP contribution in [0.15, 0.2) is 22.9 Å². The van der Waals surface area contributed by atoms with Crippen molar-refractivity contribution in [1.29, 1.82) is 0 Å². The molecule has 0 aliphatic rings. The Kier molecular flexibility index (Phi) is 2.52. The van der Waals surface area contributed by atoms with Crippen molar-refractivity contribution >= 4 is 27.5 Å². The van der Waals surface area contributed by atoms with Gasteiger partial charge in [0, 0.05) is 11.8 Å². The molecule has 2 aromatic heterocycles. The molecule has 0 aromatic carbocycles. The molecule has 0 unspecified atom stereocenters. The Morgan fingerprint density at radius 2 is 2.21 bits per heavy atom. The summed E-state index contributed by atoms with van der Waals surface area (Å²) < 4.78 is 2.52. The number of aryl methyl sites for hydroxylation is 1. The number of aromatic nitrogens is 4. The van der Waals surface area contributed by atoms with E-state index >= 15 is 0 Å². The number of halogens is 2. The molecule has 0 radical (unpaired) electrons. The molecule has 0 fully saturated rings. The molecule has 6 heteroatoms. The van der Waals surface area contributed by atoms with Gasteiger partial charge in [0.15, 0.2) is 5.15 Å². The minimum Gasteiger partial charge on any atom is -0.235 e. The smallest absolute Gasteiger partial charge is 0.153 e. The van der Waals surface area contributed by atoms with Gasteiger partial charge in [0.05, 0.1) is 11.9 Å². The van der Waals surface area contributed by atoms with Crippen molar-refractivity contribution in [3.8, 4) is 5.69 Å². The van der Waals surface area contributed by atoms with Gasteiger partial charge in [-0.3, -0.25) is 0 Å². The molecular formula is C8H6BrClN4. The second-order valence-corrected chi connectivity index (χ2v) is 3.96. The molecule has 0 aliphatic carbocycles. The van der Waals surface area contributed by atoms with Gasteiger partial charge >= 0.3 is 0 Å². The number of rotatable bonds is 1. The summed E-state index contributed by atoms with van der Waals surface area (Å²) in [6.45, 7) is 1.95. The third kappa shape index (κ3) is 1.78. The van der Waals surface area contributed by atoms with E-state index in [1.807, 2.05) is 13.0 Å². The number of hydrogen-bond donors (Lipinski definition) is 0. The van der Waals surface area contributed by atoms with Crippen LogP contribution in [0, 0.1) is 6.92 Å². The molecule has 0 bridgehead atoms. The van der Waals surface area contributed by atoms with E-state index in [0.717, 1.165) is 16.0 Å². The van der Waals surface area contributed by atoms with Crippen LogP contribution in [0.5, 0.6) is 0 Å². The molecule has 2 rings (SSSR count). The third-order valence-corrected chi connectivity index (χ3v) is 2.28. The van der Waals surface area contributed by atoms with Crippen molar-refractivity contribution in [2.24, 2.45) is 0 Å². The Balaban J connectivity index is 2.54. The summed E-state index contributed by atoms with van der Waals surface area (Å²) in [5.74, 6) is 0. The van der Waals surface area contributed by atoms with Gasteiger partial charge < -0.3 is 0 Å². The normalized spacial score (nSPS) is 10.5. The van der Waals surface area contributed by atoms with Crippen LogP contribution in [0.1, 0.15) is 5.69 Å². The van der Waals surface area contributed by atoms with E-state index in [1.54, 1.807) is 16.9 Å². The van der Waals surface area contributed by atoms with E-state index in [1.165, 1.54) is 0 Å². The van der Waals surface area contributed by atoms with E-state index in [-0.39, 0.29) is 0 Å². The highest BCUT2D eigenvalue weighted by Crippen LogP contribution is 2.16. The fourth-order valence-corrected chi connectivity index (χ4v) is 1.79. The van der Waals surface area contributed by atoms with Gasteiger partial charge in [-0.05, 0) is 28.9 Å². The van der Waals surface area contributed by atoms with Crippen molar-refractivity contribution in [3.05, 3.63) is 33.8 Å². The molecule has 0 aliphatic heterocycles. The maximum absolute atomic E-state index is 5.73. The average molecular weight is 274 g/mol. The van der Waals surface area contributed by atoms with Gasteiger partial charge in [-0.2, -0.15) is 10.2 Å². The van der Waals surface area contributed by atoms with Crippen LogP contribution in [0.25, 0.3) is 5.69 Å². The van der Waals surface area contributed by atoms with E-state index in [9.17, 15) is 0 Å². The first-order valence-electron chi connectivity index (χ1n) is 3.87. The van der Waals surface area contributed by atoms with Gasteiger partial charge in [-0.1, -0.05) is 11.6 Å². The lowest BCUT2D eigenvalue weighted by atomic mass is 10.4. The number of nitrogens with zero attached hydrogens (tertiary/aromatic N) is 4. The lowest BCUT2D eigenvalue weighted by Crippen LogP contribution is -2.00. The first-order chi connectivity index (χ1) is 6.66. The summed E-state index contributed by atoms with van der Waals surface area (Å²) in [7, 11) is 0. The number of hydrogen-bond acceptors (Lipinski definition) is 3. The summed E-state index contributed by atoms with van der Waals surface area (Å²) in [4.78, 5) is 0. The Hall–Kier alpha value is -0.940. The van der Waals surface area contributed by atoms with E-state index in [4.69, 9.17) is 11.6 Å². The maximum atomic E-state index is 5.73. The lowest BCUT2D eigenvalue weighted by molar-refractivity contribution is 0.824. The van der Waals surface area contributed by atoms with Crippen LogP contribution < -0.4 is 0 Å². The highest BCUT2D eigenvalue weighted by molar-refractivity contribution is 9.10. The van der Waals surface area contributed by atoms with Crippen LogP contribution in [0.4, 0.5) is 0 Å². The Labute approximate surface area is 94.0 Å². The van der Waals surface area contributed by atoms with Crippen LogP contribution in [0.2, 0.25) is 5.15 Å².